The lowest BCUT2D eigenvalue weighted by Gasteiger charge is -2.11. The summed E-state index contributed by atoms with van der Waals surface area (Å²) in [6.45, 7) is 5.64. The highest BCUT2D eigenvalue weighted by atomic mass is 16.6. The molecule has 1 N–H and O–H groups in total. The molecule has 0 aliphatic carbocycles. The van der Waals surface area contributed by atoms with Crippen molar-refractivity contribution in [2.45, 2.75) is 26.9 Å². The van der Waals surface area contributed by atoms with E-state index in [1.165, 1.54) is 0 Å². The first-order valence-corrected chi connectivity index (χ1v) is 7.18. The first-order chi connectivity index (χ1) is 10.6. The van der Waals surface area contributed by atoms with Crippen LogP contribution >= 0.6 is 0 Å². The topological polar surface area (TPSA) is 50.7 Å². The van der Waals surface area contributed by atoms with Crippen LogP contribution in [0.2, 0.25) is 0 Å². The van der Waals surface area contributed by atoms with E-state index in [1.807, 2.05) is 62.4 Å². The van der Waals surface area contributed by atoms with Crippen LogP contribution in [0.15, 0.2) is 53.7 Å². The molecule has 0 saturated carbocycles. The Kier molecular flexibility index (Phi) is 5.31. The van der Waals surface area contributed by atoms with E-state index in [-0.39, 0.29) is 5.91 Å². The molecule has 114 valence electrons. The fraction of sp³-hybridized carbons (Fsp3) is 0.222. The number of oxime groups is 1. The van der Waals surface area contributed by atoms with Gasteiger partial charge in [-0.25, -0.2) is 0 Å². The number of nitrogens with zero attached hydrogens (tertiary/aromatic N) is 1. The predicted octanol–water partition coefficient (Wildman–Crippen LogP) is 3.68. The van der Waals surface area contributed by atoms with Crippen LogP contribution in [0, 0.1) is 13.8 Å². The van der Waals surface area contributed by atoms with Gasteiger partial charge in [0, 0.05) is 5.69 Å². The minimum atomic E-state index is -0.666. The molecule has 0 fully saturated rings. The number of nitrogens with one attached hydrogen (secondary N) is 1. The number of hydrogen-bond acceptors (Lipinski definition) is 3. The lowest BCUT2D eigenvalue weighted by Crippen LogP contribution is -2.26. The molecule has 0 spiro atoms. The molecule has 0 heterocycles. The Labute approximate surface area is 130 Å². The second-order valence-electron chi connectivity index (χ2n) is 5.20. The lowest BCUT2D eigenvalue weighted by molar-refractivity contribution is -0.126. The van der Waals surface area contributed by atoms with Crippen LogP contribution in [0.5, 0.6) is 0 Å². The smallest absolute Gasteiger partial charge is 0.267 e. The molecule has 1 amide bonds. The van der Waals surface area contributed by atoms with Gasteiger partial charge in [-0.3, -0.25) is 4.79 Å². The Hall–Kier alpha value is -2.62. The number of anilines is 1. The van der Waals surface area contributed by atoms with E-state index < -0.39 is 6.10 Å². The van der Waals surface area contributed by atoms with Gasteiger partial charge in [-0.1, -0.05) is 41.6 Å². The highest BCUT2D eigenvalue weighted by molar-refractivity contribution is 5.94. The molecule has 4 heteroatoms. The van der Waals surface area contributed by atoms with Crippen molar-refractivity contribution in [1.29, 1.82) is 0 Å². The van der Waals surface area contributed by atoms with Gasteiger partial charge in [-0.05, 0) is 49.6 Å². The van der Waals surface area contributed by atoms with Crippen molar-refractivity contribution in [3.63, 3.8) is 0 Å². The van der Waals surface area contributed by atoms with E-state index in [9.17, 15) is 4.79 Å². The Bertz CT molecular complexity index is 680. The third-order valence-electron chi connectivity index (χ3n) is 3.25. The van der Waals surface area contributed by atoms with Gasteiger partial charge in [0.25, 0.3) is 5.91 Å². The van der Waals surface area contributed by atoms with E-state index in [2.05, 4.69) is 10.5 Å². The lowest BCUT2D eigenvalue weighted by atomic mass is 10.1. The third-order valence-corrected chi connectivity index (χ3v) is 3.25. The van der Waals surface area contributed by atoms with E-state index in [4.69, 9.17) is 4.84 Å². The summed E-state index contributed by atoms with van der Waals surface area (Å²) in [5.41, 5.74) is 3.91. The number of carbonyl (C=O) groups is 1. The predicted molar refractivity (Wildman–Crippen MR) is 89.1 cm³/mol. The van der Waals surface area contributed by atoms with Gasteiger partial charge in [0.2, 0.25) is 6.10 Å². The normalized spacial score (nSPS) is 12.1. The summed E-state index contributed by atoms with van der Waals surface area (Å²) >= 11 is 0. The van der Waals surface area contributed by atoms with E-state index in [0.717, 1.165) is 22.4 Å². The minimum Gasteiger partial charge on any atom is -0.383 e. The summed E-state index contributed by atoms with van der Waals surface area (Å²) in [6.07, 6.45) is 0.951. The fourth-order valence-electron chi connectivity index (χ4n) is 1.92. The van der Waals surface area contributed by atoms with Crippen molar-refractivity contribution in [2.75, 3.05) is 5.32 Å². The molecule has 0 radical (unpaired) electrons. The summed E-state index contributed by atoms with van der Waals surface area (Å²) in [4.78, 5) is 17.2. The van der Waals surface area contributed by atoms with Gasteiger partial charge in [0.15, 0.2) is 0 Å². The molecular weight excluding hydrogens is 276 g/mol. The molecule has 2 aromatic rings. The molecule has 2 aromatic carbocycles. The number of benzene rings is 2. The summed E-state index contributed by atoms with van der Waals surface area (Å²) in [5.74, 6) is -0.229. The van der Waals surface area contributed by atoms with Gasteiger partial charge in [-0.2, -0.15) is 0 Å². The molecule has 4 nitrogen and oxygen atoms in total. The standard InChI is InChI=1S/C18H20N2O2/c1-13-7-6-10-17(11-13)20-18(21)15(3)22-19-12-16-9-5-4-8-14(16)2/h4-12,15H,1-3H3,(H,20,21)/b19-12+. The van der Waals surface area contributed by atoms with Crippen LogP contribution in [0.4, 0.5) is 5.69 Å². The van der Waals surface area contributed by atoms with E-state index in [1.54, 1.807) is 13.1 Å². The largest absolute Gasteiger partial charge is 0.383 e. The van der Waals surface area contributed by atoms with E-state index in [0.29, 0.717) is 0 Å². The molecular formula is C18H20N2O2. The Morgan fingerprint density at radius 3 is 2.68 bits per heavy atom. The second kappa shape index (κ2) is 7.41. The van der Waals surface area contributed by atoms with Gasteiger partial charge < -0.3 is 10.2 Å². The van der Waals surface area contributed by atoms with Crippen molar-refractivity contribution >= 4 is 17.8 Å². The Morgan fingerprint density at radius 2 is 1.95 bits per heavy atom. The van der Waals surface area contributed by atoms with Gasteiger partial charge in [-0.15, -0.1) is 0 Å². The zero-order valence-corrected chi connectivity index (χ0v) is 13.0. The second-order valence-corrected chi connectivity index (χ2v) is 5.20. The monoisotopic (exact) mass is 296 g/mol. The van der Waals surface area contributed by atoms with Gasteiger partial charge >= 0.3 is 0 Å². The zero-order valence-electron chi connectivity index (χ0n) is 13.0. The summed E-state index contributed by atoms with van der Waals surface area (Å²) < 4.78 is 0. The average Bonchev–Trinajstić information content (AvgIpc) is 2.49. The maximum absolute atomic E-state index is 12.0. The molecule has 22 heavy (non-hydrogen) atoms. The Morgan fingerprint density at radius 1 is 1.18 bits per heavy atom. The summed E-state index contributed by atoms with van der Waals surface area (Å²) in [7, 11) is 0. The molecule has 0 aliphatic heterocycles. The number of hydrogen-bond donors (Lipinski definition) is 1. The molecule has 1 unspecified atom stereocenters. The molecule has 0 aliphatic rings. The number of rotatable bonds is 5. The van der Waals surface area contributed by atoms with Crippen LogP contribution < -0.4 is 5.32 Å². The van der Waals surface area contributed by atoms with Crippen LogP contribution in [0.25, 0.3) is 0 Å². The maximum Gasteiger partial charge on any atom is 0.267 e. The van der Waals surface area contributed by atoms with Crippen LogP contribution in [0.1, 0.15) is 23.6 Å². The summed E-state index contributed by atoms with van der Waals surface area (Å²) in [6, 6.07) is 15.5. The SMILES string of the molecule is Cc1cccc(NC(=O)C(C)O/N=C/c2ccccc2C)c1. The number of amides is 1. The summed E-state index contributed by atoms with van der Waals surface area (Å²) in [5, 5.41) is 6.70. The highest BCUT2D eigenvalue weighted by Crippen LogP contribution is 2.10. The quantitative estimate of drug-likeness (QED) is 0.676. The van der Waals surface area contributed by atoms with Crippen molar-refractivity contribution in [3.05, 3.63) is 65.2 Å². The highest BCUT2D eigenvalue weighted by Gasteiger charge is 2.14. The number of carbonyl (C=O) groups excluding carboxylic acids is 1. The molecule has 0 aromatic heterocycles. The molecule has 2 rings (SSSR count). The van der Waals surface area contributed by atoms with E-state index >= 15 is 0 Å². The first-order valence-electron chi connectivity index (χ1n) is 7.18. The van der Waals surface area contributed by atoms with Gasteiger partial charge in [0.05, 0.1) is 6.21 Å². The molecule has 1 atom stereocenters. The van der Waals surface area contributed by atoms with Crippen LogP contribution in [-0.4, -0.2) is 18.2 Å². The third kappa shape index (κ3) is 4.45. The minimum absolute atomic E-state index is 0.229. The fourth-order valence-corrected chi connectivity index (χ4v) is 1.92. The number of aryl methyl sites for hydroxylation is 2. The average molecular weight is 296 g/mol. The van der Waals surface area contributed by atoms with Crippen molar-refractivity contribution in [2.24, 2.45) is 5.16 Å². The zero-order chi connectivity index (χ0) is 15.9. The first kappa shape index (κ1) is 15.8. The maximum atomic E-state index is 12.0. The van der Waals surface area contributed by atoms with Crippen molar-refractivity contribution < 1.29 is 9.63 Å². The van der Waals surface area contributed by atoms with Crippen LogP contribution in [-0.2, 0) is 9.63 Å². The van der Waals surface area contributed by atoms with Crippen molar-refractivity contribution in [1.82, 2.24) is 0 Å². The van der Waals surface area contributed by atoms with Crippen LogP contribution in [0.3, 0.4) is 0 Å². The molecule has 0 saturated heterocycles. The van der Waals surface area contributed by atoms with Crippen molar-refractivity contribution in [3.8, 4) is 0 Å². The van der Waals surface area contributed by atoms with Gasteiger partial charge in [0.1, 0.15) is 0 Å². The Balaban J connectivity index is 1.90. The molecule has 0 bridgehead atoms.